The summed E-state index contributed by atoms with van der Waals surface area (Å²) in [6.45, 7) is 3.50. The van der Waals surface area contributed by atoms with Crippen molar-refractivity contribution < 1.29 is 29.0 Å². The van der Waals surface area contributed by atoms with E-state index in [0.717, 1.165) is 5.69 Å². The van der Waals surface area contributed by atoms with Crippen molar-refractivity contribution in [3.63, 3.8) is 0 Å². The molecule has 1 aliphatic heterocycles. The Hall–Kier alpha value is -3.48. The third-order valence-electron chi connectivity index (χ3n) is 5.74. The van der Waals surface area contributed by atoms with Gasteiger partial charge in [-0.2, -0.15) is 0 Å². The number of benzene rings is 2. The molecule has 32 heavy (non-hydrogen) atoms. The van der Waals surface area contributed by atoms with E-state index < -0.39 is 29.4 Å². The molecule has 0 saturated heterocycles. The fourth-order valence-corrected chi connectivity index (χ4v) is 3.64. The summed E-state index contributed by atoms with van der Waals surface area (Å²) in [5.74, 6) is -3.49. The molecule has 2 aromatic carbocycles. The van der Waals surface area contributed by atoms with E-state index in [1.165, 1.54) is 6.07 Å². The van der Waals surface area contributed by atoms with Gasteiger partial charge in [-0.1, -0.05) is 25.1 Å². The number of Topliss-reactive ketones (excluding diaryl/α,β-unsaturated/α-hetero) is 3. The number of phenolic OH excluding ortho intramolecular Hbond substituents is 1. The molecule has 2 N–H and O–H groups in total. The molecule has 0 unspecified atom stereocenters. The van der Waals surface area contributed by atoms with Crippen molar-refractivity contribution in [2.45, 2.75) is 52.1 Å². The highest BCUT2D eigenvalue weighted by Gasteiger charge is 2.27. The SMILES string of the molecule is C[C@@H]1CCC(=O)C(=O)C(=O)CCCc2cc(Nc3ccccc3)cc(O)c2C(=O)O[C@H]1C. The molecule has 1 aliphatic rings. The number of para-hydroxylation sites is 1. The van der Waals surface area contributed by atoms with E-state index in [0.29, 0.717) is 17.7 Å². The molecule has 1 heterocycles. The summed E-state index contributed by atoms with van der Waals surface area (Å²) >= 11 is 0. The molecular formula is C25H27NO6. The van der Waals surface area contributed by atoms with Crippen molar-refractivity contribution in [2.24, 2.45) is 5.92 Å². The highest BCUT2D eigenvalue weighted by molar-refractivity contribution is 6.63. The molecule has 0 amide bonds. The summed E-state index contributed by atoms with van der Waals surface area (Å²) in [4.78, 5) is 49.2. The third-order valence-corrected chi connectivity index (χ3v) is 5.74. The van der Waals surface area contributed by atoms with Crippen molar-refractivity contribution in [3.05, 3.63) is 53.6 Å². The minimum Gasteiger partial charge on any atom is -0.507 e. The van der Waals surface area contributed by atoms with Crippen LogP contribution in [0.25, 0.3) is 0 Å². The summed E-state index contributed by atoms with van der Waals surface area (Å²) in [7, 11) is 0. The number of hydrogen-bond donors (Lipinski definition) is 2. The molecule has 0 radical (unpaired) electrons. The van der Waals surface area contributed by atoms with E-state index in [1.807, 2.05) is 30.3 Å². The van der Waals surface area contributed by atoms with Crippen LogP contribution in [0.15, 0.2) is 42.5 Å². The van der Waals surface area contributed by atoms with Gasteiger partial charge >= 0.3 is 5.97 Å². The average molecular weight is 437 g/mol. The van der Waals surface area contributed by atoms with Gasteiger partial charge in [0.15, 0.2) is 0 Å². The summed E-state index contributed by atoms with van der Waals surface area (Å²) in [5, 5.41) is 13.8. The van der Waals surface area contributed by atoms with Crippen molar-refractivity contribution >= 4 is 34.7 Å². The molecule has 168 valence electrons. The molecular weight excluding hydrogens is 410 g/mol. The Bertz CT molecular complexity index is 1030. The number of fused-ring (bicyclic) bond motifs is 1. The Balaban J connectivity index is 1.94. The quantitative estimate of drug-likeness (QED) is 0.537. The monoisotopic (exact) mass is 437 g/mol. The first-order valence-corrected chi connectivity index (χ1v) is 10.8. The van der Waals surface area contributed by atoms with Crippen LogP contribution in [0, 0.1) is 5.92 Å². The molecule has 0 spiro atoms. The third kappa shape index (κ3) is 5.60. The number of carbonyl (C=O) groups excluding carboxylic acids is 4. The van der Waals surface area contributed by atoms with Gasteiger partial charge in [-0.25, -0.2) is 4.79 Å². The lowest BCUT2D eigenvalue weighted by Crippen LogP contribution is -2.27. The second-order valence-electron chi connectivity index (χ2n) is 8.18. The van der Waals surface area contributed by atoms with Crippen LogP contribution >= 0.6 is 0 Å². The molecule has 7 nitrogen and oxygen atoms in total. The van der Waals surface area contributed by atoms with E-state index in [-0.39, 0.29) is 42.9 Å². The number of rotatable bonds is 2. The Kier molecular flexibility index (Phi) is 7.41. The van der Waals surface area contributed by atoms with Crippen LogP contribution in [0.2, 0.25) is 0 Å². The van der Waals surface area contributed by atoms with Crippen LogP contribution in [0.1, 0.15) is 55.5 Å². The highest BCUT2D eigenvalue weighted by atomic mass is 16.5. The van der Waals surface area contributed by atoms with Crippen molar-refractivity contribution in [1.82, 2.24) is 0 Å². The van der Waals surface area contributed by atoms with Gasteiger partial charge in [0, 0.05) is 30.3 Å². The Labute approximate surface area is 186 Å². The number of esters is 1. The van der Waals surface area contributed by atoms with E-state index in [1.54, 1.807) is 19.9 Å². The number of ketones is 3. The number of aromatic hydroxyl groups is 1. The van der Waals surface area contributed by atoms with Crippen LogP contribution in [0.5, 0.6) is 5.75 Å². The van der Waals surface area contributed by atoms with Gasteiger partial charge in [0.05, 0.1) is 0 Å². The smallest absolute Gasteiger partial charge is 0.342 e. The second-order valence-corrected chi connectivity index (χ2v) is 8.18. The fourth-order valence-electron chi connectivity index (χ4n) is 3.64. The van der Waals surface area contributed by atoms with E-state index >= 15 is 0 Å². The molecule has 7 heteroatoms. The predicted molar refractivity (Wildman–Crippen MR) is 119 cm³/mol. The van der Waals surface area contributed by atoms with Crippen molar-refractivity contribution in [1.29, 1.82) is 0 Å². The Morgan fingerprint density at radius 3 is 2.31 bits per heavy atom. The Morgan fingerprint density at radius 2 is 1.59 bits per heavy atom. The van der Waals surface area contributed by atoms with Crippen LogP contribution in [0.3, 0.4) is 0 Å². The number of anilines is 2. The van der Waals surface area contributed by atoms with Crippen LogP contribution in [-0.4, -0.2) is 34.5 Å². The molecule has 3 rings (SSSR count). The molecule has 0 bridgehead atoms. The number of hydrogen-bond acceptors (Lipinski definition) is 7. The summed E-state index contributed by atoms with van der Waals surface area (Å²) in [5.41, 5.74) is 1.92. The van der Waals surface area contributed by atoms with Gasteiger partial charge in [-0.3, -0.25) is 14.4 Å². The van der Waals surface area contributed by atoms with E-state index in [4.69, 9.17) is 4.74 Å². The summed E-state index contributed by atoms with van der Waals surface area (Å²) in [6.07, 6.45) is 0.0907. The number of ether oxygens (including phenoxy) is 1. The molecule has 0 saturated carbocycles. The lowest BCUT2D eigenvalue weighted by molar-refractivity contribution is -0.144. The maximum absolute atomic E-state index is 12.9. The van der Waals surface area contributed by atoms with Crippen LogP contribution < -0.4 is 5.32 Å². The first-order valence-electron chi connectivity index (χ1n) is 10.8. The van der Waals surface area contributed by atoms with Crippen molar-refractivity contribution in [3.8, 4) is 5.75 Å². The first-order chi connectivity index (χ1) is 15.3. The maximum atomic E-state index is 12.9. The molecule has 0 aliphatic carbocycles. The zero-order chi connectivity index (χ0) is 23.3. The maximum Gasteiger partial charge on any atom is 0.342 e. The second kappa shape index (κ2) is 10.2. The fraction of sp³-hybridized carbons (Fsp3) is 0.360. The normalized spacial score (nSPS) is 20.8. The average Bonchev–Trinajstić information content (AvgIpc) is 2.76. The van der Waals surface area contributed by atoms with Gasteiger partial charge in [0.25, 0.3) is 5.78 Å². The van der Waals surface area contributed by atoms with Gasteiger partial charge in [-0.15, -0.1) is 0 Å². The summed E-state index contributed by atoms with van der Waals surface area (Å²) < 4.78 is 5.57. The number of carbonyl (C=O) groups is 4. The number of aryl methyl sites for hydroxylation is 1. The summed E-state index contributed by atoms with van der Waals surface area (Å²) in [6, 6.07) is 12.5. The highest BCUT2D eigenvalue weighted by Crippen LogP contribution is 2.31. The lowest BCUT2D eigenvalue weighted by Gasteiger charge is -2.22. The van der Waals surface area contributed by atoms with Crippen LogP contribution in [0.4, 0.5) is 11.4 Å². The predicted octanol–water partition coefficient (Wildman–Crippen LogP) is 4.14. The van der Waals surface area contributed by atoms with Crippen LogP contribution in [-0.2, 0) is 25.5 Å². The Morgan fingerprint density at radius 1 is 0.906 bits per heavy atom. The van der Waals surface area contributed by atoms with Crippen molar-refractivity contribution in [2.75, 3.05) is 5.32 Å². The molecule has 0 aromatic heterocycles. The zero-order valence-corrected chi connectivity index (χ0v) is 18.2. The number of phenols is 1. The van der Waals surface area contributed by atoms with E-state index in [9.17, 15) is 24.3 Å². The largest absolute Gasteiger partial charge is 0.507 e. The van der Waals surface area contributed by atoms with Gasteiger partial charge < -0.3 is 15.2 Å². The molecule has 2 atom stereocenters. The van der Waals surface area contributed by atoms with E-state index in [2.05, 4.69) is 5.32 Å². The van der Waals surface area contributed by atoms with Gasteiger partial charge in [0.2, 0.25) is 11.6 Å². The minimum atomic E-state index is -0.971. The lowest BCUT2D eigenvalue weighted by atomic mass is 9.94. The standard InChI is InChI=1S/C25H27NO6/c1-15-11-12-21(28)24(30)20(27)10-6-7-17-13-19(26-18-8-4-3-5-9-18)14-22(29)23(17)25(31)32-16(15)2/h3-5,8-9,13-16,26,29H,6-7,10-12H2,1-2H3/t15-,16+/m1/s1. The number of nitrogens with one attached hydrogen (secondary N) is 1. The number of cyclic esters (lactones) is 1. The topological polar surface area (TPSA) is 110 Å². The first kappa shape index (κ1) is 23.2. The van der Waals surface area contributed by atoms with Gasteiger partial charge in [0.1, 0.15) is 17.4 Å². The molecule has 2 aromatic rings. The zero-order valence-electron chi connectivity index (χ0n) is 18.2. The minimum absolute atomic E-state index is 0.0505. The van der Waals surface area contributed by atoms with Gasteiger partial charge in [-0.05, 0) is 55.9 Å². The molecule has 0 fully saturated rings.